The maximum atomic E-state index is 12.9. The lowest BCUT2D eigenvalue weighted by molar-refractivity contribution is -0.163. The standard InChI is InChI=1S/C8H12F8NO3P/c1-17(21(18,19)20)4(2-7(13,14)5(9)10)3-8(15,16)6(11)12/h4-6H,2-3H2,1H3,(H2,18,19,20). The van der Waals surface area contributed by atoms with Crippen LogP contribution >= 0.6 is 7.75 Å². The molecule has 0 aliphatic heterocycles. The lowest BCUT2D eigenvalue weighted by Gasteiger charge is -2.32. The number of hydrogen-bond acceptors (Lipinski definition) is 1. The summed E-state index contributed by atoms with van der Waals surface area (Å²) in [5, 5.41) is 0. The normalized spacial score (nSPS) is 14.8. The van der Waals surface area contributed by atoms with Crippen molar-refractivity contribution in [3.05, 3.63) is 0 Å². The van der Waals surface area contributed by atoms with Gasteiger partial charge < -0.3 is 9.79 Å². The fourth-order valence-corrected chi connectivity index (χ4v) is 1.94. The van der Waals surface area contributed by atoms with Gasteiger partial charge in [0.1, 0.15) is 0 Å². The molecule has 0 spiro atoms. The number of nitrogens with zero attached hydrogens (tertiary/aromatic N) is 1. The lowest BCUT2D eigenvalue weighted by Crippen LogP contribution is -2.43. The quantitative estimate of drug-likeness (QED) is 0.520. The summed E-state index contributed by atoms with van der Waals surface area (Å²) in [5.41, 5.74) is 0. The number of halogens is 8. The van der Waals surface area contributed by atoms with Crippen LogP contribution in [0.3, 0.4) is 0 Å². The van der Waals surface area contributed by atoms with Crippen LogP contribution in [0.5, 0.6) is 0 Å². The summed E-state index contributed by atoms with van der Waals surface area (Å²) in [4.78, 5) is 17.4. The molecule has 0 bridgehead atoms. The van der Waals surface area contributed by atoms with E-state index in [1.807, 2.05) is 0 Å². The first-order valence-corrected chi connectivity index (χ1v) is 6.78. The van der Waals surface area contributed by atoms with Gasteiger partial charge in [0.15, 0.2) is 0 Å². The van der Waals surface area contributed by atoms with Crippen LogP contribution in [0, 0.1) is 0 Å². The van der Waals surface area contributed by atoms with E-state index in [-0.39, 0.29) is 4.67 Å². The fraction of sp³-hybridized carbons (Fsp3) is 1.00. The second-order valence-electron chi connectivity index (χ2n) is 4.27. The van der Waals surface area contributed by atoms with E-state index in [1.54, 1.807) is 0 Å². The Hall–Kier alpha value is -0.450. The Morgan fingerprint density at radius 1 is 0.952 bits per heavy atom. The first-order chi connectivity index (χ1) is 9.11. The summed E-state index contributed by atoms with van der Waals surface area (Å²) in [7, 11) is -4.97. The number of alkyl halides is 8. The molecule has 0 aromatic carbocycles. The van der Waals surface area contributed by atoms with E-state index in [9.17, 15) is 39.7 Å². The molecule has 13 heteroatoms. The Morgan fingerprint density at radius 2 is 1.24 bits per heavy atom. The zero-order chi connectivity index (χ0) is 17.2. The molecule has 2 N–H and O–H groups in total. The monoisotopic (exact) mass is 353 g/mol. The van der Waals surface area contributed by atoms with Gasteiger partial charge in [0, 0.05) is 18.9 Å². The SMILES string of the molecule is CN(C(CC(F)(F)C(F)F)CC(F)(F)C(F)F)P(=O)(O)O. The maximum absolute atomic E-state index is 12.9. The molecule has 0 atom stereocenters. The molecule has 0 aliphatic rings. The van der Waals surface area contributed by atoms with Crippen LogP contribution in [0.25, 0.3) is 0 Å². The number of rotatable bonds is 8. The molecule has 0 aliphatic carbocycles. The highest BCUT2D eigenvalue weighted by Crippen LogP contribution is 2.45. The topological polar surface area (TPSA) is 60.8 Å². The Labute approximate surface area is 113 Å². The summed E-state index contributed by atoms with van der Waals surface area (Å²) in [6.07, 6.45) is -12.8. The van der Waals surface area contributed by atoms with Crippen molar-refractivity contribution in [3.63, 3.8) is 0 Å². The Balaban J connectivity index is 5.36. The molecule has 0 rings (SSSR count). The fourth-order valence-electron chi connectivity index (χ4n) is 1.36. The van der Waals surface area contributed by atoms with E-state index in [2.05, 4.69) is 0 Å². The number of hydrogen-bond donors (Lipinski definition) is 2. The van der Waals surface area contributed by atoms with Crippen molar-refractivity contribution in [2.75, 3.05) is 7.05 Å². The average molecular weight is 353 g/mol. The van der Waals surface area contributed by atoms with Crippen LogP contribution in [-0.4, -0.2) is 52.2 Å². The van der Waals surface area contributed by atoms with Crippen LogP contribution in [0.15, 0.2) is 0 Å². The third kappa shape index (κ3) is 6.05. The Bertz CT molecular complexity index is 366. The predicted octanol–water partition coefficient (Wildman–Crippen LogP) is 2.96. The van der Waals surface area contributed by atoms with Crippen LogP contribution in [0.2, 0.25) is 0 Å². The molecule has 0 amide bonds. The summed E-state index contributed by atoms with van der Waals surface area (Å²) in [6.45, 7) is 0. The summed E-state index contributed by atoms with van der Waals surface area (Å²) in [5.74, 6) is -9.74. The van der Waals surface area contributed by atoms with E-state index < -0.39 is 51.3 Å². The molecule has 128 valence electrons. The van der Waals surface area contributed by atoms with E-state index >= 15 is 0 Å². The maximum Gasteiger partial charge on any atom is 0.402 e. The van der Waals surface area contributed by atoms with Gasteiger partial charge in [-0.2, -0.15) is 0 Å². The van der Waals surface area contributed by atoms with Crippen molar-refractivity contribution in [2.45, 2.75) is 43.6 Å². The van der Waals surface area contributed by atoms with Gasteiger partial charge in [0.05, 0.1) is 0 Å². The molecule has 0 radical (unpaired) electrons. The molecule has 0 aromatic heterocycles. The van der Waals surface area contributed by atoms with E-state index in [0.717, 1.165) is 0 Å². The van der Waals surface area contributed by atoms with Gasteiger partial charge >= 0.3 is 32.4 Å². The summed E-state index contributed by atoms with van der Waals surface area (Å²) >= 11 is 0. The molecule has 0 unspecified atom stereocenters. The molecule has 21 heavy (non-hydrogen) atoms. The Kier molecular flexibility index (Phi) is 6.61. The molecule has 0 heterocycles. The minimum Gasteiger partial charge on any atom is -0.312 e. The second-order valence-corrected chi connectivity index (χ2v) is 5.93. The van der Waals surface area contributed by atoms with Gasteiger partial charge in [-0.1, -0.05) is 0 Å². The van der Waals surface area contributed by atoms with E-state index in [0.29, 0.717) is 7.05 Å². The summed E-state index contributed by atoms with van der Waals surface area (Å²) in [6, 6.07) is -2.58. The molecular weight excluding hydrogens is 341 g/mol. The lowest BCUT2D eigenvalue weighted by atomic mass is 10.0. The largest absolute Gasteiger partial charge is 0.402 e. The highest BCUT2D eigenvalue weighted by Gasteiger charge is 2.50. The van der Waals surface area contributed by atoms with Gasteiger partial charge in [0.2, 0.25) is 0 Å². The Morgan fingerprint density at radius 3 is 1.43 bits per heavy atom. The smallest absolute Gasteiger partial charge is 0.312 e. The molecule has 4 nitrogen and oxygen atoms in total. The van der Waals surface area contributed by atoms with Crippen molar-refractivity contribution >= 4 is 7.75 Å². The average Bonchev–Trinajstić information content (AvgIpc) is 2.24. The van der Waals surface area contributed by atoms with Crippen molar-refractivity contribution < 1.29 is 49.5 Å². The summed E-state index contributed by atoms with van der Waals surface area (Å²) < 4.78 is 110. The van der Waals surface area contributed by atoms with Gasteiger partial charge in [0.25, 0.3) is 0 Å². The molecule has 0 fully saturated rings. The van der Waals surface area contributed by atoms with Crippen molar-refractivity contribution in [1.29, 1.82) is 0 Å². The van der Waals surface area contributed by atoms with Crippen molar-refractivity contribution in [3.8, 4) is 0 Å². The van der Waals surface area contributed by atoms with Gasteiger partial charge in [-0.15, -0.1) is 0 Å². The molecule has 0 saturated heterocycles. The highest BCUT2D eigenvalue weighted by molar-refractivity contribution is 7.49. The van der Waals surface area contributed by atoms with Crippen LogP contribution in [0.4, 0.5) is 35.1 Å². The first kappa shape index (κ1) is 20.6. The minimum atomic E-state index is -5.37. The van der Waals surface area contributed by atoms with E-state index in [1.165, 1.54) is 0 Å². The first-order valence-electron chi connectivity index (χ1n) is 5.22. The zero-order valence-electron chi connectivity index (χ0n) is 10.4. The molecule has 0 saturated carbocycles. The molecular formula is C8H12F8NO3P. The highest BCUT2D eigenvalue weighted by atomic mass is 31.2. The van der Waals surface area contributed by atoms with Crippen molar-refractivity contribution in [1.82, 2.24) is 4.67 Å². The van der Waals surface area contributed by atoms with Crippen LogP contribution in [0.1, 0.15) is 12.8 Å². The third-order valence-corrected chi connectivity index (χ3v) is 3.74. The van der Waals surface area contributed by atoms with Gasteiger partial charge in [-0.05, 0) is 7.05 Å². The zero-order valence-corrected chi connectivity index (χ0v) is 11.3. The minimum absolute atomic E-state index is 0.348. The van der Waals surface area contributed by atoms with Gasteiger partial charge in [-0.3, -0.25) is 0 Å². The third-order valence-electron chi connectivity index (χ3n) is 2.59. The van der Waals surface area contributed by atoms with Crippen molar-refractivity contribution in [2.24, 2.45) is 0 Å². The van der Waals surface area contributed by atoms with E-state index in [4.69, 9.17) is 9.79 Å². The van der Waals surface area contributed by atoms with Crippen LogP contribution in [-0.2, 0) is 4.57 Å². The van der Waals surface area contributed by atoms with Gasteiger partial charge in [-0.25, -0.2) is 44.4 Å². The predicted molar refractivity (Wildman–Crippen MR) is 54.7 cm³/mol. The van der Waals surface area contributed by atoms with Crippen LogP contribution < -0.4 is 0 Å². The molecule has 0 aromatic rings. The second kappa shape index (κ2) is 6.76.